The zero-order valence-corrected chi connectivity index (χ0v) is 10.5. The van der Waals surface area contributed by atoms with Crippen LogP contribution in [0.2, 0.25) is 0 Å². The number of hydrogen-bond acceptors (Lipinski definition) is 5. The lowest BCUT2D eigenvalue weighted by atomic mass is 10.1. The first kappa shape index (κ1) is 13.9. The van der Waals surface area contributed by atoms with Gasteiger partial charge in [-0.15, -0.1) is 0 Å². The second-order valence-corrected chi connectivity index (χ2v) is 3.88. The zero-order chi connectivity index (χ0) is 11.8. The molecule has 0 aromatic rings. The average molecular weight is 233 g/mol. The minimum atomic E-state index is 0.0977. The number of piperidine rings is 1. The van der Waals surface area contributed by atoms with Crippen LogP contribution in [0.3, 0.4) is 0 Å². The van der Waals surface area contributed by atoms with Crippen molar-refractivity contribution >= 4 is 0 Å². The molecule has 5 nitrogen and oxygen atoms in total. The summed E-state index contributed by atoms with van der Waals surface area (Å²) in [6.45, 7) is 4.82. The minimum Gasteiger partial charge on any atom is -0.359 e. The topological polar surface area (TPSA) is 40.2 Å². The maximum atomic E-state index is 5.63. The van der Waals surface area contributed by atoms with Crippen molar-refractivity contribution in [3.63, 3.8) is 0 Å². The van der Waals surface area contributed by atoms with Crippen LogP contribution in [0.1, 0.15) is 19.8 Å². The third-order valence-electron chi connectivity index (χ3n) is 2.82. The van der Waals surface area contributed by atoms with Crippen molar-refractivity contribution in [3.8, 4) is 0 Å². The predicted molar refractivity (Wildman–Crippen MR) is 60.0 cm³/mol. The molecule has 0 N–H and O–H groups in total. The van der Waals surface area contributed by atoms with Gasteiger partial charge in [-0.3, -0.25) is 4.90 Å². The summed E-state index contributed by atoms with van der Waals surface area (Å²) in [6, 6.07) is 0. The number of rotatable bonds is 7. The van der Waals surface area contributed by atoms with E-state index in [0.29, 0.717) is 13.6 Å². The highest BCUT2D eigenvalue weighted by molar-refractivity contribution is 4.75. The Morgan fingerprint density at radius 1 is 1.12 bits per heavy atom. The molecule has 96 valence electrons. The Balaban J connectivity index is 2.35. The van der Waals surface area contributed by atoms with Crippen molar-refractivity contribution < 1.29 is 18.9 Å². The van der Waals surface area contributed by atoms with Gasteiger partial charge in [-0.25, -0.2) is 0 Å². The zero-order valence-electron chi connectivity index (χ0n) is 10.5. The van der Waals surface area contributed by atoms with Crippen LogP contribution in [-0.2, 0) is 18.9 Å². The molecule has 0 aliphatic carbocycles. The first-order valence-corrected chi connectivity index (χ1v) is 5.77. The van der Waals surface area contributed by atoms with Crippen LogP contribution in [-0.4, -0.2) is 58.1 Å². The standard InChI is InChI=1S/C11H23NO4/c1-4-12-6-5-10(15-8-13-2)7-11(12)16-9-14-3/h10-11H,4-9H2,1-3H3. The van der Waals surface area contributed by atoms with Crippen LogP contribution < -0.4 is 0 Å². The number of likely N-dealkylation sites (tertiary alicyclic amines) is 1. The van der Waals surface area contributed by atoms with Crippen LogP contribution in [0, 0.1) is 0 Å². The SMILES string of the molecule is CCN1CCC(OCOC)CC1OCOC. The lowest BCUT2D eigenvalue weighted by Crippen LogP contribution is -2.46. The lowest BCUT2D eigenvalue weighted by molar-refractivity contribution is -0.177. The Morgan fingerprint density at radius 3 is 2.44 bits per heavy atom. The van der Waals surface area contributed by atoms with Gasteiger partial charge >= 0.3 is 0 Å². The number of ether oxygens (including phenoxy) is 4. The summed E-state index contributed by atoms with van der Waals surface area (Å²) in [7, 11) is 3.28. The van der Waals surface area contributed by atoms with Crippen molar-refractivity contribution in [2.24, 2.45) is 0 Å². The fourth-order valence-electron chi connectivity index (χ4n) is 1.94. The molecule has 5 heteroatoms. The molecular formula is C11H23NO4. The molecule has 0 bridgehead atoms. The molecule has 1 aliphatic rings. The highest BCUT2D eigenvalue weighted by Crippen LogP contribution is 2.20. The van der Waals surface area contributed by atoms with Crippen LogP contribution in [0.15, 0.2) is 0 Å². The van der Waals surface area contributed by atoms with Crippen molar-refractivity contribution in [1.29, 1.82) is 0 Å². The van der Waals surface area contributed by atoms with E-state index in [1.807, 2.05) is 0 Å². The van der Waals surface area contributed by atoms with E-state index in [4.69, 9.17) is 18.9 Å². The van der Waals surface area contributed by atoms with Gasteiger partial charge in [-0.2, -0.15) is 0 Å². The quantitative estimate of drug-likeness (QED) is 0.614. The lowest BCUT2D eigenvalue weighted by Gasteiger charge is -2.38. The van der Waals surface area contributed by atoms with E-state index in [9.17, 15) is 0 Å². The molecule has 16 heavy (non-hydrogen) atoms. The smallest absolute Gasteiger partial charge is 0.148 e. The average Bonchev–Trinajstić information content (AvgIpc) is 2.33. The molecule has 1 rings (SSSR count). The summed E-state index contributed by atoms with van der Waals surface area (Å²) in [5, 5.41) is 0. The fraction of sp³-hybridized carbons (Fsp3) is 1.00. The summed E-state index contributed by atoms with van der Waals surface area (Å²) in [4.78, 5) is 2.30. The number of hydrogen-bond donors (Lipinski definition) is 0. The monoisotopic (exact) mass is 233 g/mol. The predicted octanol–water partition coefficient (Wildman–Crippen LogP) is 1.04. The van der Waals surface area contributed by atoms with E-state index in [2.05, 4.69) is 11.8 Å². The Kier molecular flexibility index (Phi) is 6.91. The van der Waals surface area contributed by atoms with Gasteiger partial charge in [0.2, 0.25) is 0 Å². The first-order valence-electron chi connectivity index (χ1n) is 5.77. The molecule has 0 spiro atoms. The van der Waals surface area contributed by atoms with E-state index in [0.717, 1.165) is 25.9 Å². The molecule has 1 heterocycles. The third kappa shape index (κ3) is 4.35. The highest BCUT2D eigenvalue weighted by atomic mass is 16.7. The Labute approximate surface area is 97.6 Å². The van der Waals surface area contributed by atoms with Crippen molar-refractivity contribution in [3.05, 3.63) is 0 Å². The van der Waals surface area contributed by atoms with E-state index in [1.165, 1.54) is 0 Å². The Bertz CT molecular complexity index is 179. The highest BCUT2D eigenvalue weighted by Gasteiger charge is 2.28. The molecule has 0 aromatic carbocycles. The number of methoxy groups -OCH3 is 2. The van der Waals surface area contributed by atoms with Crippen molar-refractivity contribution in [1.82, 2.24) is 4.90 Å². The van der Waals surface area contributed by atoms with E-state index in [1.54, 1.807) is 14.2 Å². The van der Waals surface area contributed by atoms with Gasteiger partial charge in [0.1, 0.15) is 19.8 Å². The van der Waals surface area contributed by atoms with Gasteiger partial charge in [-0.1, -0.05) is 6.92 Å². The van der Waals surface area contributed by atoms with Gasteiger partial charge in [0, 0.05) is 27.2 Å². The van der Waals surface area contributed by atoms with E-state index >= 15 is 0 Å². The second kappa shape index (κ2) is 7.97. The first-order chi connectivity index (χ1) is 7.81. The van der Waals surface area contributed by atoms with Crippen LogP contribution in [0.25, 0.3) is 0 Å². The minimum absolute atomic E-state index is 0.0977. The van der Waals surface area contributed by atoms with Crippen LogP contribution in [0.5, 0.6) is 0 Å². The molecule has 0 aromatic heterocycles. The molecule has 2 atom stereocenters. The third-order valence-corrected chi connectivity index (χ3v) is 2.82. The van der Waals surface area contributed by atoms with Crippen molar-refractivity contribution in [2.75, 3.05) is 40.9 Å². The van der Waals surface area contributed by atoms with Gasteiger partial charge in [0.05, 0.1) is 6.10 Å². The van der Waals surface area contributed by atoms with Gasteiger partial charge in [0.15, 0.2) is 0 Å². The fourth-order valence-corrected chi connectivity index (χ4v) is 1.94. The summed E-state index contributed by atoms with van der Waals surface area (Å²) in [6.07, 6.45) is 2.23. The molecule has 0 amide bonds. The van der Waals surface area contributed by atoms with Crippen LogP contribution >= 0.6 is 0 Å². The van der Waals surface area contributed by atoms with E-state index in [-0.39, 0.29) is 12.3 Å². The van der Waals surface area contributed by atoms with Gasteiger partial charge < -0.3 is 18.9 Å². The van der Waals surface area contributed by atoms with Crippen molar-refractivity contribution in [2.45, 2.75) is 32.1 Å². The maximum Gasteiger partial charge on any atom is 0.148 e. The second-order valence-electron chi connectivity index (χ2n) is 3.88. The molecular weight excluding hydrogens is 210 g/mol. The van der Waals surface area contributed by atoms with Gasteiger partial charge in [-0.05, 0) is 13.0 Å². The molecule has 1 saturated heterocycles. The number of nitrogens with zero attached hydrogens (tertiary/aromatic N) is 1. The molecule has 2 unspecified atom stereocenters. The maximum absolute atomic E-state index is 5.63. The van der Waals surface area contributed by atoms with Crippen LogP contribution in [0.4, 0.5) is 0 Å². The molecule has 1 aliphatic heterocycles. The Morgan fingerprint density at radius 2 is 1.81 bits per heavy atom. The summed E-state index contributed by atoms with van der Waals surface area (Å²) >= 11 is 0. The molecule has 0 radical (unpaired) electrons. The normalized spacial score (nSPS) is 27.2. The summed E-state index contributed by atoms with van der Waals surface area (Å²) < 4.78 is 21.0. The largest absolute Gasteiger partial charge is 0.359 e. The molecule has 1 fully saturated rings. The summed E-state index contributed by atoms with van der Waals surface area (Å²) in [5.41, 5.74) is 0. The molecule has 0 saturated carbocycles. The van der Waals surface area contributed by atoms with Gasteiger partial charge in [0.25, 0.3) is 0 Å². The Hall–Kier alpha value is -0.200. The van der Waals surface area contributed by atoms with E-state index < -0.39 is 0 Å². The summed E-state index contributed by atoms with van der Waals surface area (Å²) in [5.74, 6) is 0.